The molecule has 3 aromatic rings. The molecule has 8 nitrogen and oxygen atoms in total. The van der Waals surface area contributed by atoms with Crippen molar-refractivity contribution < 1.29 is 26.4 Å². The molecule has 0 atom stereocenters. The number of hydrogen-bond donors (Lipinski definition) is 1. The maximum atomic E-state index is 13.2. The molecule has 1 N–H and O–H groups in total. The summed E-state index contributed by atoms with van der Waals surface area (Å²) in [6.07, 6.45) is 2.56. The summed E-state index contributed by atoms with van der Waals surface area (Å²) < 4.78 is 57.7. The Bertz CT molecular complexity index is 1360. The van der Waals surface area contributed by atoms with Crippen LogP contribution >= 0.6 is 15.9 Å². The van der Waals surface area contributed by atoms with Gasteiger partial charge < -0.3 is 4.74 Å². The van der Waals surface area contributed by atoms with Gasteiger partial charge in [0.1, 0.15) is 4.90 Å². The number of pyridine rings is 1. The number of carbonyl (C=O) groups is 1. The third kappa shape index (κ3) is 5.12. The molecule has 3 rings (SSSR count). The number of methoxy groups -OCH3 is 1. The number of sulfone groups is 1. The fourth-order valence-electron chi connectivity index (χ4n) is 2.74. The van der Waals surface area contributed by atoms with Crippen LogP contribution in [0.4, 0.5) is 5.69 Å². The molecule has 2 aromatic carbocycles. The fraction of sp³-hybridized carbons (Fsp3) is 0.100. The second-order valence-electron chi connectivity index (χ2n) is 6.44. The molecule has 0 aliphatic carbocycles. The molecular formula is C20H17BrN2O6S2. The topological polar surface area (TPSA) is 119 Å². The van der Waals surface area contributed by atoms with Crippen LogP contribution in [0.25, 0.3) is 11.3 Å². The highest BCUT2D eigenvalue weighted by atomic mass is 79.9. The van der Waals surface area contributed by atoms with E-state index in [1.807, 2.05) is 0 Å². The summed E-state index contributed by atoms with van der Waals surface area (Å²) in [6.45, 7) is 0. The summed E-state index contributed by atoms with van der Waals surface area (Å²) in [5.41, 5.74) is 0.900. The van der Waals surface area contributed by atoms with Gasteiger partial charge in [-0.3, -0.25) is 9.71 Å². The van der Waals surface area contributed by atoms with Crippen LogP contribution in [0.5, 0.6) is 0 Å². The minimum absolute atomic E-state index is 0.0250. The number of hydrogen-bond acceptors (Lipinski definition) is 7. The van der Waals surface area contributed by atoms with Crippen molar-refractivity contribution in [2.75, 3.05) is 18.1 Å². The van der Waals surface area contributed by atoms with Crippen molar-refractivity contribution in [3.63, 3.8) is 0 Å². The van der Waals surface area contributed by atoms with E-state index < -0.39 is 25.8 Å². The summed E-state index contributed by atoms with van der Waals surface area (Å²) in [7, 11) is -6.64. The van der Waals surface area contributed by atoms with Gasteiger partial charge in [-0.15, -0.1) is 0 Å². The second kappa shape index (κ2) is 8.77. The SMILES string of the molecule is COC(=O)c1ccc(Br)c(S(=O)(=O)Nc2cc(S(C)(=O)=O)ccc2-c2ccccn2)c1. The molecule has 0 spiro atoms. The summed E-state index contributed by atoms with van der Waals surface area (Å²) in [6, 6.07) is 13.2. The fourth-order valence-corrected chi connectivity index (χ4v) is 5.45. The number of nitrogens with zero attached hydrogens (tertiary/aromatic N) is 1. The molecule has 1 aromatic heterocycles. The number of sulfonamides is 1. The van der Waals surface area contributed by atoms with Gasteiger partial charge in [0.05, 0.1) is 29.0 Å². The van der Waals surface area contributed by atoms with E-state index in [4.69, 9.17) is 0 Å². The lowest BCUT2D eigenvalue weighted by molar-refractivity contribution is 0.0600. The number of halogens is 1. The van der Waals surface area contributed by atoms with E-state index in [-0.39, 0.29) is 25.5 Å². The van der Waals surface area contributed by atoms with Crippen molar-refractivity contribution in [3.8, 4) is 11.3 Å². The van der Waals surface area contributed by atoms with Gasteiger partial charge in [0.15, 0.2) is 9.84 Å². The lowest BCUT2D eigenvalue weighted by atomic mass is 10.1. The van der Waals surface area contributed by atoms with Crippen molar-refractivity contribution in [3.05, 3.63) is 70.8 Å². The van der Waals surface area contributed by atoms with Crippen molar-refractivity contribution >= 4 is 47.4 Å². The number of esters is 1. The summed E-state index contributed by atoms with van der Waals surface area (Å²) in [4.78, 5) is 15.8. The molecule has 162 valence electrons. The van der Waals surface area contributed by atoms with Crippen LogP contribution in [0.1, 0.15) is 10.4 Å². The summed E-state index contributed by atoms with van der Waals surface area (Å²) in [5.74, 6) is -0.697. The molecule has 0 saturated heterocycles. The first kappa shape index (κ1) is 22.9. The highest BCUT2D eigenvalue weighted by Crippen LogP contribution is 2.32. The largest absolute Gasteiger partial charge is 0.465 e. The smallest absolute Gasteiger partial charge is 0.337 e. The Morgan fingerprint density at radius 3 is 2.39 bits per heavy atom. The first-order chi connectivity index (χ1) is 14.5. The van der Waals surface area contributed by atoms with Crippen molar-refractivity contribution in [2.24, 2.45) is 0 Å². The predicted molar refractivity (Wildman–Crippen MR) is 119 cm³/mol. The lowest BCUT2D eigenvalue weighted by Gasteiger charge is -2.15. The van der Waals surface area contributed by atoms with Gasteiger partial charge in [-0.25, -0.2) is 21.6 Å². The van der Waals surface area contributed by atoms with E-state index in [0.717, 1.165) is 6.26 Å². The van der Waals surface area contributed by atoms with E-state index in [1.54, 1.807) is 18.2 Å². The van der Waals surface area contributed by atoms with Crippen LogP contribution < -0.4 is 4.72 Å². The second-order valence-corrected chi connectivity index (χ2v) is 11.0. The maximum Gasteiger partial charge on any atom is 0.337 e. The molecule has 0 fully saturated rings. The van der Waals surface area contributed by atoms with Gasteiger partial charge in [0.25, 0.3) is 10.0 Å². The summed E-state index contributed by atoms with van der Waals surface area (Å²) >= 11 is 3.18. The molecule has 0 aliphatic rings. The molecule has 11 heteroatoms. The van der Waals surface area contributed by atoms with E-state index in [9.17, 15) is 21.6 Å². The monoisotopic (exact) mass is 524 g/mol. The normalized spacial score (nSPS) is 11.7. The zero-order valence-corrected chi connectivity index (χ0v) is 19.6. The highest BCUT2D eigenvalue weighted by Gasteiger charge is 2.23. The number of anilines is 1. The van der Waals surface area contributed by atoms with Crippen LogP contribution in [-0.4, -0.2) is 41.2 Å². The minimum atomic E-state index is -4.23. The van der Waals surface area contributed by atoms with Crippen LogP contribution in [0.2, 0.25) is 0 Å². The Labute approximate surface area is 188 Å². The summed E-state index contributed by atoms with van der Waals surface area (Å²) in [5, 5.41) is 0. The zero-order valence-electron chi connectivity index (χ0n) is 16.4. The number of aromatic nitrogens is 1. The van der Waals surface area contributed by atoms with Crippen LogP contribution in [0.15, 0.2) is 75.1 Å². The molecule has 0 saturated carbocycles. The first-order valence-electron chi connectivity index (χ1n) is 8.69. The van der Waals surface area contributed by atoms with Gasteiger partial charge in [0, 0.05) is 22.5 Å². The van der Waals surface area contributed by atoms with Gasteiger partial charge in [-0.1, -0.05) is 6.07 Å². The zero-order chi connectivity index (χ0) is 22.8. The first-order valence-corrected chi connectivity index (χ1v) is 12.9. The van der Waals surface area contributed by atoms with E-state index in [1.165, 1.54) is 49.7 Å². The minimum Gasteiger partial charge on any atom is -0.465 e. The van der Waals surface area contributed by atoms with E-state index in [0.29, 0.717) is 11.3 Å². The number of ether oxygens (including phenoxy) is 1. The van der Waals surface area contributed by atoms with Gasteiger partial charge in [0.2, 0.25) is 0 Å². The Morgan fingerprint density at radius 1 is 1.03 bits per heavy atom. The van der Waals surface area contributed by atoms with Crippen molar-refractivity contribution in [2.45, 2.75) is 9.79 Å². The predicted octanol–water partition coefficient (Wildman–Crippen LogP) is 3.50. The quantitative estimate of drug-likeness (QED) is 0.490. The molecule has 1 heterocycles. The Kier molecular flexibility index (Phi) is 6.48. The molecule has 0 radical (unpaired) electrons. The lowest BCUT2D eigenvalue weighted by Crippen LogP contribution is -2.16. The number of benzene rings is 2. The van der Waals surface area contributed by atoms with Crippen molar-refractivity contribution in [1.82, 2.24) is 4.98 Å². The average Bonchev–Trinajstić information content (AvgIpc) is 2.73. The Hall–Kier alpha value is -2.76. The van der Waals surface area contributed by atoms with Crippen LogP contribution in [0.3, 0.4) is 0 Å². The maximum absolute atomic E-state index is 13.2. The van der Waals surface area contributed by atoms with E-state index in [2.05, 4.69) is 30.4 Å². The molecule has 31 heavy (non-hydrogen) atoms. The number of nitrogens with one attached hydrogen (secondary N) is 1. The molecule has 0 bridgehead atoms. The number of carbonyl (C=O) groups excluding carboxylic acids is 1. The third-order valence-corrected chi connectivity index (χ3v) is 7.72. The third-order valence-electron chi connectivity index (χ3n) is 4.25. The standard InChI is InChI=1S/C20H17BrN2O6S2/c1-29-20(24)13-6-9-16(21)19(11-13)31(27,28)23-18-12-14(30(2,25)26)7-8-15(18)17-5-3-4-10-22-17/h3-12,23H,1-2H3. The van der Waals surface area contributed by atoms with Gasteiger partial charge in [-0.05, 0) is 64.5 Å². The number of rotatable bonds is 6. The Balaban J connectivity index is 2.16. The van der Waals surface area contributed by atoms with Crippen LogP contribution in [-0.2, 0) is 24.6 Å². The van der Waals surface area contributed by atoms with Gasteiger partial charge in [-0.2, -0.15) is 0 Å². The average molecular weight is 525 g/mol. The Morgan fingerprint density at radius 2 is 1.77 bits per heavy atom. The van der Waals surface area contributed by atoms with E-state index >= 15 is 0 Å². The highest BCUT2D eigenvalue weighted by molar-refractivity contribution is 9.10. The molecule has 0 amide bonds. The molecule has 0 unspecified atom stereocenters. The molecular weight excluding hydrogens is 508 g/mol. The van der Waals surface area contributed by atoms with Gasteiger partial charge >= 0.3 is 5.97 Å². The van der Waals surface area contributed by atoms with Crippen LogP contribution in [0, 0.1) is 0 Å². The molecule has 0 aliphatic heterocycles. The van der Waals surface area contributed by atoms with Crippen molar-refractivity contribution in [1.29, 1.82) is 0 Å².